The number of hydrogen-bond acceptors (Lipinski definition) is 4. The van der Waals surface area contributed by atoms with Gasteiger partial charge in [-0.1, -0.05) is 41.9 Å². The van der Waals surface area contributed by atoms with Gasteiger partial charge in [0.2, 0.25) is 0 Å². The van der Waals surface area contributed by atoms with Crippen molar-refractivity contribution >= 4 is 23.3 Å². The Morgan fingerprint density at radius 3 is 2.86 bits per heavy atom. The zero-order valence-electron chi connectivity index (χ0n) is 12.1. The van der Waals surface area contributed by atoms with Crippen LogP contribution in [0.1, 0.15) is 28.9 Å². The minimum Gasteiger partial charge on any atom is -0.481 e. The summed E-state index contributed by atoms with van der Waals surface area (Å²) in [6.07, 6.45) is -0.164. The number of carbonyl (C=O) groups excluding carboxylic acids is 1. The van der Waals surface area contributed by atoms with Gasteiger partial charge in [-0.05, 0) is 24.6 Å². The first-order valence-electron chi connectivity index (χ1n) is 7.15. The van der Waals surface area contributed by atoms with Crippen LogP contribution in [0, 0.1) is 0 Å². The molecule has 0 fully saturated rings. The Hall–Kier alpha value is -2.20. The lowest BCUT2D eigenvalue weighted by molar-refractivity contribution is 0.0518. The highest BCUT2D eigenvalue weighted by molar-refractivity contribution is 6.31. The molecule has 1 heterocycles. The van der Waals surface area contributed by atoms with Gasteiger partial charge in [-0.25, -0.2) is 4.79 Å². The minimum atomic E-state index is -0.434. The monoisotopic (exact) mass is 317 g/mol. The number of fused-ring (bicyclic) bond motifs is 1. The van der Waals surface area contributed by atoms with Crippen molar-refractivity contribution in [1.82, 2.24) is 0 Å². The lowest BCUT2D eigenvalue weighted by Crippen LogP contribution is -2.25. The molecule has 4 nitrogen and oxygen atoms in total. The topological polar surface area (TPSA) is 47.6 Å². The molecule has 114 valence electrons. The Bertz CT molecular complexity index is 688. The second-order valence-corrected chi connectivity index (χ2v) is 5.39. The predicted molar refractivity (Wildman–Crippen MR) is 85.7 cm³/mol. The van der Waals surface area contributed by atoms with E-state index in [4.69, 9.17) is 21.1 Å². The number of ether oxygens (including phenoxy) is 2. The zero-order valence-corrected chi connectivity index (χ0v) is 12.9. The highest BCUT2D eigenvalue weighted by Crippen LogP contribution is 2.39. The molecule has 2 aromatic carbocycles. The molecule has 0 spiro atoms. The van der Waals surface area contributed by atoms with E-state index in [0.717, 1.165) is 5.56 Å². The van der Waals surface area contributed by atoms with E-state index in [-0.39, 0.29) is 6.10 Å². The van der Waals surface area contributed by atoms with Crippen LogP contribution in [0.5, 0.6) is 5.75 Å². The summed E-state index contributed by atoms with van der Waals surface area (Å²) in [6, 6.07) is 13.2. The van der Waals surface area contributed by atoms with E-state index >= 15 is 0 Å². The molecule has 2 aromatic rings. The van der Waals surface area contributed by atoms with Gasteiger partial charge in [0.05, 0.1) is 18.8 Å². The molecule has 1 aliphatic rings. The maximum absolute atomic E-state index is 12.1. The largest absolute Gasteiger partial charge is 0.481 e. The van der Waals surface area contributed by atoms with Gasteiger partial charge in [0.1, 0.15) is 11.7 Å². The van der Waals surface area contributed by atoms with Crippen LogP contribution in [-0.2, 0) is 4.74 Å². The highest BCUT2D eigenvalue weighted by atomic mass is 35.5. The van der Waals surface area contributed by atoms with Gasteiger partial charge in [-0.3, -0.25) is 0 Å². The van der Waals surface area contributed by atoms with Crippen LogP contribution in [0.4, 0.5) is 5.69 Å². The van der Waals surface area contributed by atoms with Gasteiger partial charge < -0.3 is 14.8 Å². The third-order valence-corrected chi connectivity index (χ3v) is 3.68. The van der Waals surface area contributed by atoms with E-state index < -0.39 is 5.97 Å². The molecule has 0 aromatic heterocycles. The second-order valence-electron chi connectivity index (χ2n) is 4.95. The second kappa shape index (κ2) is 6.28. The van der Waals surface area contributed by atoms with Crippen molar-refractivity contribution in [2.45, 2.75) is 13.0 Å². The molecule has 1 N–H and O–H groups in total. The molecular weight excluding hydrogens is 302 g/mol. The number of hydrogen-bond donors (Lipinski definition) is 1. The first-order valence-corrected chi connectivity index (χ1v) is 7.53. The molecule has 0 radical (unpaired) electrons. The molecule has 22 heavy (non-hydrogen) atoms. The first kappa shape index (κ1) is 14.7. The lowest BCUT2D eigenvalue weighted by atomic mass is 10.1. The number of halogens is 1. The van der Waals surface area contributed by atoms with Crippen molar-refractivity contribution in [2.75, 3.05) is 18.5 Å². The number of esters is 1. The van der Waals surface area contributed by atoms with E-state index in [1.165, 1.54) is 0 Å². The Morgan fingerprint density at radius 2 is 2.14 bits per heavy atom. The molecule has 0 saturated carbocycles. The third-order valence-electron chi connectivity index (χ3n) is 3.46. The van der Waals surface area contributed by atoms with E-state index in [9.17, 15) is 4.79 Å². The summed E-state index contributed by atoms with van der Waals surface area (Å²) in [4.78, 5) is 12.1. The van der Waals surface area contributed by atoms with E-state index in [0.29, 0.717) is 35.2 Å². The van der Waals surface area contributed by atoms with Gasteiger partial charge in [-0.2, -0.15) is 0 Å². The summed E-state index contributed by atoms with van der Waals surface area (Å²) in [5, 5.41) is 3.74. The van der Waals surface area contributed by atoms with Crippen molar-refractivity contribution < 1.29 is 14.3 Å². The Labute approximate surface area is 134 Å². The molecule has 1 atom stereocenters. The van der Waals surface area contributed by atoms with Crippen molar-refractivity contribution in [3.8, 4) is 5.75 Å². The highest BCUT2D eigenvalue weighted by Gasteiger charge is 2.27. The molecular formula is C17H16ClNO3. The predicted octanol–water partition coefficient (Wildman–Crippen LogP) is 4.06. The summed E-state index contributed by atoms with van der Waals surface area (Å²) >= 11 is 6.08. The molecule has 1 aliphatic heterocycles. The van der Waals surface area contributed by atoms with Gasteiger partial charge in [0, 0.05) is 5.02 Å². The molecule has 0 amide bonds. The van der Waals surface area contributed by atoms with Crippen LogP contribution in [-0.4, -0.2) is 19.1 Å². The average Bonchev–Trinajstić information content (AvgIpc) is 2.54. The smallest absolute Gasteiger partial charge is 0.342 e. The third kappa shape index (κ3) is 2.88. The normalized spacial score (nSPS) is 16.2. The Balaban J connectivity index is 1.97. The Kier molecular flexibility index (Phi) is 4.20. The number of rotatable bonds is 3. The van der Waals surface area contributed by atoms with Gasteiger partial charge in [0.15, 0.2) is 5.75 Å². The fourth-order valence-electron chi connectivity index (χ4n) is 2.45. The molecule has 3 rings (SSSR count). The van der Waals surface area contributed by atoms with E-state index in [1.54, 1.807) is 19.1 Å². The maximum Gasteiger partial charge on any atom is 0.342 e. The molecule has 0 saturated heterocycles. The van der Waals surface area contributed by atoms with Crippen molar-refractivity contribution in [3.63, 3.8) is 0 Å². The summed E-state index contributed by atoms with van der Waals surface area (Å²) in [5.74, 6) is 0.0553. The van der Waals surface area contributed by atoms with Crippen LogP contribution < -0.4 is 10.1 Å². The molecule has 0 aliphatic carbocycles. The van der Waals surface area contributed by atoms with Gasteiger partial charge in [0.25, 0.3) is 0 Å². The quantitative estimate of drug-likeness (QED) is 0.867. The van der Waals surface area contributed by atoms with Gasteiger partial charge in [-0.15, -0.1) is 0 Å². The van der Waals surface area contributed by atoms with Crippen molar-refractivity contribution in [3.05, 3.63) is 58.6 Å². The van der Waals surface area contributed by atoms with Crippen LogP contribution >= 0.6 is 11.6 Å². The maximum atomic E-state index is 12.1. The lowest BCUT2D eigenvalue weighted by Gasteiger charge is -2.29. The molecule has 1 unspecified atom stereocenters. The van der Waals surface area contributed by atoms with Crippen molar-refractivity contribution in [1.29, 1.82) is 0 Å². The fourth-order valence-corrected chi connectivity index (χ4v) is 2.67. The standard InChI is InChI=1S/C17H16ClNO3/c1-2-21-17(20)13-8-12(18)9-14-16(13)22-15(10-19-14)11-6-4-3-5-7-11/h3-9,15,19H,2,10H2,1H3. The number of benzene rings is 2. The van der Waals surface area contributed by atoms with Gasteiger partial charge >= 0.3 is 5.97 Å². The summed E-state index contributed by atoms with van der Waals surface area (Å²) in [5.41, 5.74) is 2.10. The van der Waals surface area contributed by atoms with Crippen molar-refractivity contribution in [2.24, 2.45) is 0 Å². The summed E-state index contributed by atoms with van der Waals surface area (Å²) < 4.78 is 11.1. The number of nitrogens with one attached hydrogen (secondary N) is 1. The van der Waals surface area contributed by atoms with E-state index in [2.05, 4.69) is 5.32 Å². The van der Waals surface area contributed by atoms with Crippen LogP contribution in [0.15, 0.2) is 42.5 Å². The first-order chi connectivity index (χ1) is 10.7. The SMILES string of the molecule is CCOC(=O)c1cc(Cl)cc2c1OC(c1ccccc1)CN2. The number of anilines is 1. The average molecular weight is 318 g/mol. The van der Waals surface area contributed by atoms with Crippen LogP contribution in [0.25, 0.3) is 0 Å². The van der Waals surface area contributed by atoms with Crippen LogP contribution in [0.2, 0.25) is 5.02 Å². The molecule has 5 heteroatoms. The minimum absolute atomic E-state index is 0.164. The molecule has 0 bridgehead atoms. The van der Waals surface area contributed by atoms with E-state index in [1.807, 2.05) is 30.3 Å². The number of carbonyl (C=O) groups is 1. The zero-order chi connectivity index (χ0) is 15.5. The van der Waals surface area contributed by atoms with Crippen LogP contribution in [0.3, 0.4) is 0 Å². The summed E-state index contributed by atoms with van der Waals surface area (Å²) in [7, 11) is 0. The fraction of sp³-hybridized carbons (Fsp3) is 0.235. The summed E-state index contributed by atoms with van der Waals surface area (Å²) in [6.45, 7) is 2.68. The Morgan fingerprint density at radius 1 is 1.36 bits per heavy atom.